The van der Waals surface area contributed by atoms with Gasteiger partial charge in [-0.3, -0.25) is 4.79 Å². The van der Waals surface area contributed by atoms with Crippen LogP contribution in [0.4, 0.5) is 5.69 Å². The van der Waals surface area contributed by atoms with Gasteiger partial charge in [-0.05, 0) is 31.2 Å². The van der Waals surface area contributed by atoms with Gasteiger partial charge in [0.2, 0.25) is 10.0 Å². The molecule has 1 atom stereocenters. The van der Waals surface area contributed by atoms with Crippen LogP contribution in [0.15, 0.2) is 45.9 Å². The van der Waals surface area contributed by atoms with Gasteiger partial charge >= 0.3 is 0 Å². The molecular weight excluding hydrogens is 320 g/mol. The van der Waals surface area contributed by atoms with Crippen molar-refractivity contribution < 1.29 is 22.4 Å². The van der Waals surface area contributed by atoms with E-state index in [1.165, 1.54) is 35.8 Å². The SMILES string of the molecule is CC1Oc2cc(S(=O)(=O)N(C)Cc3ccco3)ccc2NC1=O. The quantitative estimate of drug-likeness (QED) is 0.920. The first kappa shape index (κ1) is 15.6. The summed E-state index contributed by atoms with van der Waals surface area (Å²) in [4.78, 5) is 11.6. The van der Waals surface area contributed by atoms with E-state index in [-0.39, 0.29) is 17.3 Å². The number of nitrogens with one attached hydrogen (secondary N) is 1. The van der Waals surface area contributed by atoms with Crippen LogP contribution in [0, 0.1) is 0 Å². The predicted molar refractivity (Wildman–Crippen MR) is 82.5 cm³/mol. The van der Waals surface area contributed by atoms with Gasteiger partial charge < -0.3 is 14.5 Å². The lowest BCUT2D eigenvalue weighted by Gasteiger charge is -2.24. The highest BCUT2D eigenvalue weighted by molar-refractivity contribution is 7.89. The van der Waals surface area contributed by atoms with E-state index < -0.39 is 16.1 Å². The van der Waals surface area contributed by atoms with E-state index in [4.69, 9.17) is 9.15 Å². The van der Waals surface area contributed by atoms with Crippen molar-refractivity contribution in [1.82, 2.24) is 4.31 Å². The van der Waals surface area contributed by atoms with Gasteiger partial charge in [-0.15, -0.1) is 0 Å². The predicted octanol–water partition coefficient (Wildman–Crippen LogP) is 1.82. The van der Waals surface area contributed by atoms with Gasteiger partial charge in [-0.1, -0.05) is 0 Å². The molecule has 1 aromatic carbocycles. The minimum Gasteiger partial charge on any atom is -0.479 e. The van der Waals surface area contributed by atoms with E-state index in [1.54, 1.807) is 19.1 Å². The fourth-order valence-corrected chi connectivity index (χ4v) is 3.38. The summed E-state index contributed by atoms with van der Waals surface area (Å²) in [6, 6.07) is 7.78. The zero-order valence-electron chi connectivity index (χ0n) is 12.6. The lowest BCUT2D eigenvalue weighted by molar-refractivity contribution is -0.122. The van der Waals surface area contributed by atoms with Crippen LogP contribution in [0.25, 0.3) is 0 Å². The molecular formula is C15H16N2O5S. The van der Waals surface area contributed by atoms with E-state index in [0.717, 1.165) is 0 Å². The number of anilines is 1. The summed E-state index contributed by atoms with van der Waals surface area (Å²) in [6.45, 7) is 1.73. The highest BCUT2D eigenvalue weighted by atomic mass is 32.2. The number of amides is 1. The highest BCUT2D eigenvalue weighted by Gasteiger charge is 2.27. The van der Waals surface area contributed by atoms with Crippen molar-refractivity contribution in [1.29, 1.82) is 0 Å². The number of fused-ring (bicyclic) bond motifs is 1. The fraction of sp³-hybridized carbons (Fsp3) is 0.267. The first-order valence-electron chi connectivity index (χ1n) is 6.98. The Bertz CT molecular complexity index is 830. The van der Waals surface area contributed by atoms with E-state index in [9.17, 15) is 13.2 Å². The van der Waals surface area contributed by atoms with E-state index >= 15 is 0 Å². The van der Waals surface area contributed by atoms with Crippen LogP contribution in [0.1, 0.15) is 12.7 Å². The molecule has 1 aliphatic heterocycles. The lowest BCUT2D eigenvalue weighted by atomic mass is 10.2. The molecule has 2 heterocycles. The molecule has 0 radical (unpaired) electrons. The number of nitrogens with zero attached hydrogens (tertiary/aromatic N) is 1. The van der Waals surface area contributed by atoms with Crippen LogP contribution in [-0.4, -0.2) is 31.8 Å². The summed E-state index contributed by atoms with van der Waals surface area (Å²) in [5.41, 5.74) is 0.459. The Kier molecular flexibility index (Phi) is 3.87. The lowest BCUT2D eigenvalue weighted by Crippen LogP contribution is -2.34. The molecule has 0 saturated heterocycles. The number of sulfonamides is 1. The molecule has 1 unspecified atom stereocenters. The Labute approximate surface area is 133 Å². The summed E-state index contributed by atoms with van der Waals surface area (Å²) in [5.74, 6) is 0.624. The van der Waals surface area contributed by atoms with Crippen molar-refractivity contribution in [3.63, 3.8) is 0 Å². The molecule has 3 rings (SSSR count). The molecule has 0 aliphatic carbocycles. The van der Waals surface area contributed by atoms with Gasteiger partial charge in [-0.25, -0.2) is 8.42 Å². The molecule has 1 aliphatic rings. The first-order valence-corrected chi connectivity index (χ1v) is 8.42. The average molecular weight is 336 g/mol. The van der Waals surface area contributed by atoms with Crippen molar-refractivity contribution in [2.75, 3.05) is 12.4 Å². The summed E-state index contributed by atoms with van der Waals surface area (Å²) < 4.78 is 37.1. The first-order chi connectivity index (χ1) is 10.9. The number of ether oxygens (including phenoxy) is 1. The van der Waals surface area contributed by atoms with Crippen molar-refractivity contribution in [3.8, 4) is 5.75 Å². The molecule has 2 aromatic rings. The number of hydrogen-bond acceptors (Lipinski definition) is 5. The molecule has 0 fully saturated rings. The Morgan fingerprint density at radius 1 is 1.30 bits per heavy atom. The monoisotopic (exact) mass is 336 g/mol. The Morgan fingerprint density at radius 2 is 2.09 bits per heavy atom. The Morgan fingerprint density at radius 3 is 2.78 bits per heavy atom. The molecule has 1 aromatic heterocycles. The summed E-state index contributed by atoms with van der Waals surface area (Å²) in [7, 11) is -2.22. The number of carbonyl (C=O) groups excluding carboxylic acids is 1. The maximum atomic E-state index is 12.6. The third kappa shape index (κ3) is 2.95. The van der Waals surface area contributed by atoms with Crippen LogP contribution < -0.4 is 10.1 Å². The summed E-state index contributed by atoms with van der Waals surface area (Å²) in [6.07, 6.45) is 0.827. The van der Waals surface area contributed by atoms with Gasteiger partial charge in [0, 0.05) is 13.1 Å². The molecule has 1 amide bonds. The molecule has 0 bridgehead atoms. The van der Waals surface area contributed by atoms with Crippen LogP contribution >= 0.6 is 0 Å². The van der Waals surface area contributed by atoms with Gasteiger partial charge in [-0.2, -0.15) is 4.31 Å². The van der Waals surface area contributed by atoms with E-state index in [0.29, 0.717) is 17.2 Å². The van der Waals surface area contributed by atoms with E-state index in [2.05, 4.69) is 5.32 Å². The largest absolute Gasteiger partial charge is 0.479 e. The minimum absolute atomic E-state index is 0.0913. The second kappa shape index (κ2) is 5.71. The number of rotatable bonds is 4. The standard InChI is InChI=1S/C15H16N2O5S/c1-10-15(18)16-13-6-5-12(8-14(13)22-10)23(19,20)17(2)9-11-4-3-7-21-11/h3-8,10H,9H2,1-2H3,(H,16,18). The maximum Gasteiger partial charge on any atom is 0.265 e. The number of benzene rings is 1. The Balaban J connectivity index is 1.88. The van der Waals surface area contributed by atoms with Crippen molar-refractivity contribution in [3.05, 3.63) is 42.4 Å². The smallest absolute Gasteiger partial charge is 0.265 e. The zero-order chi connectivity index (χ0) is 16.6. The average Bonchev–Trinajstić information content (AvgIpc) is 3.00. The maximum absolute atomic E-state index is 12.6. The molecule has 7 nitrogen and oxygen atoms in total. The number of carbonyl (C=O) groups is 1. The molecule has 122 valence electrons. The molecule has 0 saturated carbocycles. The third-order valence-corrected chi connectivity index (χ3v) is 5.35. The third-order valence-electron chi connectivity index (χ3n) is 3.55. The topological polar surface area (TPSA) is 88.8 Å². The fourth-order valence-electron chi connectivity index (χ4n) is 2.23. The Hall–Kier alpha value is -2.32. The van der Waals surface area contributed by atoms with Crippen LogP contribution in [0.2, 0.25) is 0 Å². The van der Waals surface area contributed by atoms with Gasteiger partial charge in [0.05, 0.1) is 23.4 Å². The number of furan rings is 1. The van der Waals surface area contributed by atoms with Crippen molar-refractivity contribution in [2.45, 2.75) is 24.5 Å². The van der Waals surface area contributed by atoms with Gasteiger partial charge in [0.15, 0.2) is 6.10 Å². The second-order valence-electron chi connectivity index (χ2n) is 5.25. The molecule has 1 N–H and O–H groups in total. The van der Waals surface area contributed by atoms with Gasteiger partial charge in [0.1, 0.15) is 11.5 Å². The van der Waals surface area contributed by atoms with Crippen molar-refractivity contribution in [2.24, 2.45) is 0 Å². The molecule has 23 heavy (non-hydrogen) atoms. The molecule has 8 heteroatoms. The molecule has 0 spiro atoms. The van der Waals surface area contributed by atoms with Crippen LogP contribution in [0.3, 0.4) is 0 Å². The minimum atomic E-state index is -3.70. The number of hydrogen-bond donors (Lipinski definition) is 1. The summed E-state index contributed by atoms with van der Waals surface area (Å²) >= 11 is 0. The van der Waals surface area contributed by atoms with E-state index in [1.807, 2.05) is 0 Å². The summed E-state index contributed by atoms with van der Waals surface area (Å²) in [5, 5.41) is 2.67. The van der Waals surface area contributed by atoms with Crippen LogP contribution in [-0.2, 0) is 21.4 Å². The van der Waals surface area contributed by atoms with Gasteiger partial charge in [0.25, 0.3) is 5.91 Å². The van der Waals surface area contributed by atoms with Crippen LogP contribution in [0.5, 0.6) is 5.75 Å². The second-order valence-corrected chi connectivity index (χ2v) is 7.29. The highest BCUT2D eigenvalue weighted by Crippen LogP contribution is 2.32. The van der Waals surface area contributed by atoms with Crippen molar-refractivity contribution >= 4 is 21.6 Å². The zero-order valence-corrected chi connectivity index (χ0v) is 13.5. The normalized spacial score (nSPS) is 17.5.